The summed E-state index contributed by atoms with van der Waals surface area (Å²) >= 11 is 0. The summed E-state index contributed by atoms with van der Waals surface area (Å²) < 4.78 is 2.33. The smallest absolute Gasteiger partial charge is 0.0582 e. The average Bonchev–Trinajstić information content (AvgIpc) is 2.82. The van der Waals surface area contributed by atoms with E-state index in [-0.39, 0.29) is 0 Å². The van der Waals surface area contributed by atoms with Gasteiger partial charge in [-0.25, -0.2) is 0 Å². The number of nitrogens with zero attached hydrogens (tertiary/aromatic N) is 2. The maximum Gasteiger partial charge on any atom is 0.0582 e. The van der Waals surface area contributed by atoms with E-state index in [1.54, 1.807) is 0 Å². The van der Waals surface area contributed by atoms with Crippen LogP contribution in [0.1, 0.15) is 16.8 Å². The lowest BCUT2D eigenvalue weighted by atomic mass is 10.1. The van der Waals surface area contributed by atoms with E-state index in [2.05, 4.69) is 53.8 Å². The highest BCUT2D eigenvalue weighted by Crippen LogP contribution is 2.27. The molecule has 0 amide bonds. The number of nitrogens with two attached hydrogens (primary N) is 1. The molecule has 94 valence electrons. The van der Waals surface area contributed by atoms with Crippen LogP contribution < -0.4 is 10.6 Å². The van der Waals surface area contributed by atoms with Crippen molar-refractivity contribution < 1.29 is 0 Å². The highest BCUT2D eigenvalue weighted by atomic mass is 15.2. The van der Waals surface area contributed by atoms with E-state index in [0.717, 1.165) is 25.3 Å². The molecule has 0 fully saturated rings. The lowest BCUT2D eigenvalue weighted by Crippen LogP contribution is -2.33. The number of fused-ring (bicyclic) bond motifs is 1. The molecule has 3 nitrogen and oxygen atoms in total. The van der Waals surface area contributed by atoms with Gasteiger partial charge in [0.05, 0.1) is 6.54 Å². The summed E-state index contributed by atoms with van der Waals surface area (Å²) in [4.78, 5) is 2.43. The van der Waals surface area contributed by atoms with Gasteiger partial charge in [-0.15, -0.1) is 0 Å². The number of anilines is 2. The second-order valence-electron chi connectivity index (χ2n) is 5.11. The zero-order valence-electron chi connectivity index (χ0n) is 11.0. The van der Waals surface area contributed by atoms with Crippen molar-refractivity contribution >= 4 is 11.4 Å². The van der Waals surface area contributed by atoms with Gasteiger partial charge in [-0.1, -0.05) is 0 Å². The molecule has 2 heterocycles. The lowest BCUT2D eigenvalue weighted by Gasteiger charge is -2.31. The Morgan fingerprint density at radius 2 is 1.83 bits per heavy atom. The fourth-order valence-corrected chi connectivity index (χ4v) is 2.67. The first-order valence-corrected chi connectivity index (χ1v) is 6.41. The molecular weight excluding hydrogens is 222 g/mol. The number of aromatic nitrogens is 1. The van der Waals surface area contributed by atoms with E-state index >= 15 is 0 Å². The van der Waals surface area contributed by atoms with Crippen LogP contribution in [-0.2, 0) is 13.1 Å². The van der Waals surface area contributed by atoms with Gasteiger partial charge >= 0.3 is 0 Å². The Balaban J connectivity index is 1.93. The van der Waals surface area contributed by atoms with Crippen molar-refractivity contribution in [3.63, 3.8) is 0 Å². The highest BCUT2D eigenvalue weighted by Gasteiger charge is 2.16. The molecule has 3 rings (SSSR count). The topological polar surface area (TPSA) is 34.2 Å². The zero-order valence-corrected chi connectivity index (χ0v) is 11.0. The van der Waals surface area contributed by atoms with Gasteiger partial charge in [0.15, 0.2) is 0 Å². The van der Waals surface area contributed by atoms with Gasteiger partial charge in [-0.05, 0) is 49.2 Å². The second kappa shape index (κ2) is 4.09. The molecule has 1 aliphatic rings. The van der Waals surface area contributed by atoms with Crippen LogP contribution in [0.4, 0.5) is 11.4 Å². The van der Waals surface area contributed by atoms with Crippen LogP contribution in [0, 0.1) is 13.8 Å². The van der Waals surface area contributed by atoms with Crippen LogP contribution in [0.25, 0.3) is 0 Å². The maximum absolute atomic E-state index is 6.02. The predicted molar refractivity (Wildman–Crippen MR) is 75.8 cm³/mol. The van der Waals surface area contributed by atoms with Crippen LogP contribution in [0.5, 0.6) is 0 Å². The molecule has 18 heavy (non-hydrogen) atoms. The monoisotopic (exact) mass is 241 g/mol. The summed E-state index contributed by atoms with van der Waals surface area (Å²) in [7, 11) is 0. The largest absolute Gasteiger partial charge is 0.398 e. The molecule has 0 saturated carbocycles. The fraction of sp³-hybridized carbons (Fsp3) is 0.333. The van der Waals surface area contributed by atoms with Gasteiger partial charge in [0.2, 0.25) is 0 Å². The standard InChI is InChI=1S/C15H19N3/c1-11-8-14(9-12(2)15(11)16)18-7-6-17-5-3-4-13(17)10-18/h3-5,8-9H,6-7,10,16H2,1-2H3. The third-order valence-corrected chi connectivity index (χ3v) is 3.83. The minimum Gasteiger partial charge on any atom is -0.398 e. The number of benzene rings is 1. The van der Waals surface area contributed by atoms with Crippen LogP contribution in [0.2, 0.25) is 0 Å². The van der Waals surface area contributed by atoms with Crippen molar-refractivity contribution in [3.8, 4) is 0 Å². The molecule has 0 radical (unpaired) electrons. The molecule has 0 aliphatic carbocycles. The molecule has 0 spiro atoms. The summed E-state index contributed by atoms with van der Waals surface area (Å²) in [6, 6.07) is 8.71. The van der Waals surface area contributed by atoms with Crippen LogP contribution in [-0.4, -0.2) is 11.1 Å². The predicted octanol–water partition coefficient (Wildman–Crippen LogP) is 2.71. The van der Waals surface area contributed by atoms with Gasteiger partial charge in [-0.3, -0.25) is 0 Å². The lowest BCUT2D eigenvalue weighted by molar-refractivity contribution is 0.572. The Hall–Kier alpha value is -1.90. The van der Waals surface area contributed by atoms with Gasteiger partial charge in [0.25, 0.3) is 0 Å². The van der Waals surface area contributed by atoms with Crippen LogP contribution in [0.3, 0.4) is 0 Å². The number of nitrogen functional groups attached to an aromatic ring is 1. The molecule has 0 saturated heterocycles. The minimum atomic E-state index is 0.916. The molecule has 1 aliphatic heterocycles. The number of rotatable bonds is 1. The molecule has 2 aromatic rings. The third-order valence-electron chi connectivity index (χ3n) is 3.83. The number of hydrogen-bond acceptors (Lipinski definition) is 2. The Kier molecular flexibility index (Phi) is 2.54. The SMILES string of the molecule is Cc1cc(N2CCn3cccc3C2)cc(C)c1N. The van der Waals surface area contributed by atoms with E-state index in [4.69, 9.17) is 5.73 Å². The normalized spacial score (nSPS) is 14.7. The van der Waals surface area contributed by atoms with Crippen LogP contribution >= 0.6 is 0 Å². The zero-order chi connectivity index (χ0) is 12.7. The van der Waals surface area contributed by atoms with E-state index in [1.165, 1.54) is 22.5 Å². The van der Waals surface area contributed by atoms with Crippen molar-refractivity contribution in [2.24, 2.45) is 0 Å². The first-order chi connectivity index (χ1) is 8.65. The number of aryl methyl sites for hydroxylation is 2. The van der Waals surface area contributed by atoms with Gasteiger partial charge < -0.3 is 15.2 Å². The molecule has 0 atom stereocenters. The maximum atomic E-state index is 6.02. The first-order valence-electron chi connectivity index (χ1n) is 6.41. The Bertz CT molecular complexity index is 560. The number of hydrogen-bond donors (Lipinski definition) is 1. The molecule has 1 aromatic carbocycles. The minimum absolute atomic E-state index is 0.916. The molecule has 2 N–H and O–H groups in total. The average molecular weight is 241 g/mol. The third kappa shape index (κ3) is 1.76. The molecule has 0 bridgehead atoms. The first kappa shape index (κ1) is 11.2. The van der Waals surface area contributed by atoms with Crippen LogP contribution in [0.15, 0.2) is 30.5 Å². The molecule has 1 aromatic heterocycles. The second-order valence-corrected chi connectivity index (χ2v) is 5.11. The van der Waals surface area contributed by atoms with E-state index in [0.29, 0.717) is 0 Å². The van der Waals surface area contributed by atoms with Crippen molar-refractivity contribution in [1.82, 2.24) is 4.57 Å². The highest BCUT2D eigenvalue weighted by molar-refractivity contribution is 5.63. The van der Waals surface area contributed by atoms with Crippen molar-refractivity contribution in [1.29, 1.82) is 0 Å². The summed E-state index contributed by atoms with van der Waals surface area (Å²) in [5.41, 5.74) is 11.9. The van der Waals surface area contributed by atoms with Crippen molar-refractivity contribution in [2.75, 3.05) is 17.2 Å². The fourth-order valence-electron chi connectivity index (χ4n) is 2.67. The quantitative estimate of drug-likeness (QED) is 0.779. The van der Waals surface area contributed by atoms with E-state index < -0.39 is 0 Å². The van der Waals surface area contributed by atoms with Gasteiger partial charge in [0, 0.05) is 36.4 Å². The molecule has 0 unspecified atom stereocenters. The Labute approximate surface area is 108 Å². The van der Waals surface area contributed by atoms with Crippen molar-refractivity contribution in [2.45, 2.75) is 26.9 Å². The summed E-state index contributed by atoms with van der Waals surface area (Å²) in [6.45, 7) is 7.27. The summed E-state index contributed by atoms with van der Waals surface area (Å²) in [5, 5.41) is 0. The van der Waals surface area contributed by atoms with E-state index in [1.807, 2.05) is 0 Å². The van der Waals surface area contributed by atoms with Gasteiger partial charge in [0.1, 0.15) is 0 Å². The Morgan fingerprint density at radius 3 is 2.56 bits per heavy atom. The van der Waals surface area contributed by atoms with Gasteiger partial charge in [-0.2, -0.15) is 0 Å². The van der Waals surface area contributed by atoms with Crippen molar-refractivity contribution in [3.05, 3.63) is 47.3 Å². The van der Waals surface area contributed by atoms with E-state index in [9.17, 15) is 0 Å². The summed E-state index contributed by atoms with van der Waals surface area (Å²) in [6.07, 6.45) is 2.16. The molecular formula is C15H19N3. The molecule has 3 heteroatoms. The summed E-state index contributed by atoms with van der Waals surface area (Å²) in [5.74, 6) is 0. The Morgan fingerprint density at radius 1 is 1.11 bits per heavy atom.